The van der Waals surface area contributed by atoms with Crippen molar-refractivity contribution in [3.8, 4) is 5.75 Å². The second-order valence-electron chi connectivity index (χ2n) is 3.04. The molecule has 0 bridgehead atoms. The van der Waals surface area contributed by atoms with Gasteiger partial charge in [-0.05, 0) is 24.3 Å². The van der Waals surface area contributed by atoms with Crippen LogP contribution in [0.5, 0.6) is 5.75 Å². The highest BCUT2D eigenvalue weighted by Crippen LogP contribution is 2.18. The van der Waals surface area contributed by atoms with E-state index < -0.39 is 10.0 Å². The monoisotopic (exact) mass is 226 g/mol. The van der Waals surface area contributed by atoms with Crippen LogP contribution in [0.2, 0.25) is 0 Å². The van der Waals surface area contributed by atoms with Crippen LogP contribution in [-0.2, 0) is 10.0 Å². The van der Waals surface area contributed by atoms with E-state index in [0.29, 0.717) is 6.54 Å². The third-order valence-corrected chi connectivity index (χ3v) is 3.64. The zero-order valence-electron chi connectivity index (χ0n) is 7.79. The van der Waals surface area contributed by atoms with Crippen LogP contribution in [0.4, 0.5) is 0 Å². The number of phenols is 1. The first kappa shape index (κ1) is 10.0. The molecule has 0 fully saturated rings. The second-order valence-corrected chi connectivity index (χ2v) is 4.86. The summed E-state index contributed by atoms with van der Waals surface area (Å²) in [5.41, 5.74) is 2.68. The molecule has 0 saturated carbocycles. The van der Waals surface area contributed by atoms with Crippen LogP contribution >= 0.6 is 0 Å². The van der Waals surface area contributed by atoms with E-state index in [-0.39, 0.29) is 10.6 Å². The maximum atomic E-state index is 11.9. The van der Waals surface area contributed by atoms with Gasteiger partial charge >= 0.3 is 0 Å². The predicted octanol–water partition coefficient (Wildman–Crippen LogP) is 0.415. The van der Waals surface area contributed by atoms with Gasteiger partial charge in [-0.15, -0.1) is 0 Å². The highest BCUT2D eigenvalue weighted by atomic mass is 32.2. The standard InChI is InChI=1S/C9H10N2O3S/c12-8-2-4-9(5-3-8)15(13,14)11-7-1-6-10-11/h1-5,7,10,12H,6H2. The van der Waals surface area contributed by atoms with Gasteiger partial charge in [-0.3, -0.25) is 0 Å². The van der Waals surface area contributed by atoms with Crippen LogP contribution in [0.3, 0.4) is 0 Å². The van der Waals surface area contributed by atoms with E-state index in [9.17, 15) is 8.42 Å². The highest BCUT2D eigenvalue weighted by molar-refractivity contribution is 7.89. The lowest BCUT2D eigenvalue weighted by Gasteiger charge is -2.16. The van der Waals surface area contributed by atoms with Gasteiger partial charge in [-0.2, -0.15) is 8.42 Å². The molecule has 0 aromatic heterocycles. The summed E-state index contributed by atoms with van der Waals surface area (Å²) < 4.78 is 24.8. The molecular weight excluding hydrogens is 216 g/mol. The third kappa shape index (κ3) is 1.81. The minimum absolute atomic E-state index is 0.0406. The van der Waals surface area contributed by atoms with Gasteiger partial charge in [0.05, 0.1) is 4.90 Å². The molecule has 6 heteroatoms. The van der Waals surface area contributed by atoms with Crippen molar-refractivity contribution in [3.63, 3.8) is 0 Å². The molecule has 0 radical (unpaired) electrons. The van der Waals surface area contributed by atoms with Crippen LogP contribution < -0.4 is 5.43 Å². The average molecular weight is 226 g/mol. The first-order valence-corrected chi connectivity index (χ1v) is 5.78. The van der Waals surface area contributed by atoms with Crippen LogP contribution in [0.15, 0.2) is 41.4 Å². The van der Waals surface area contributed by atoms with E-state index >= 15 is 0 Å². The molecule has 1 aromatic rings. The Balaban J connectivity index is 2.37. The summed E-state index contributed by atoms with van der Waals surface area (Å²) in [7, 11) is -3.53. The summed E-state index contributed by atoms with van der Waals surface area (Å²) in [5, 5.41) is 9.05. The number of nitrogens with zero attached hydrogens (tertiary/aromatic N) is 1. The van der Waals surface area contributed by atoms with Gasteiger partial charge in [0.1, 0.15) is 5.75 Å². The summed E-state index contributed by atoms with van der Waals surface area (Å²) in [6.45, 7) is 0.497. The Morgan fingerprint density at radius 2 is 1.93 bits per heavy atom. The number of hydrogen-bond acceptors (Lipinski definition) is 4. The van der Waals surface area contributed by atoms with Crippen LogP contribution in [0, 0.1) is 0 Å². The van der Waals surface area contributed by atoms with Gasteiger partial charge in [0, 0.05) is 12.7 Å². The minimum atomic E-state index is -3.53. The normalized spacial score (nSPS) is 15.9. The van der Waals surface area contributed by atoms with Gasteiger partial charge in [-0.1, -0.05) is 6.08 Å². The Bertz CT molecular complexity index is 479. The SMILES string of the molecule is O=S(=O)(c1ccc(O)cc1)N1C=CCN1. The van der Waals surface area contributed by atoms with E-state index in [0.717, 1.165) is 4.41 Å². The summed E-state index contributed by atoms with van der Waals surface area (Å²) >= 11 is 0. The third-order valence-electron chi connectivity index (χ3n) is 2.00. The quantitative estimate of drug-likeness (QED) is 0.766. The summed E-state index contributed by atoms with van der Waals surface area (Å²) in [6, 6.07) is 5.40. The lowest BCUT2D eigenvalue weighted by Crippen LogP contribution is -2.34. The molecule has 2 N–H and O–H groups in total. The fourth-order valence-corrected chi connectivity index (χ4v) is 2.44. The molecule has 15 heavy (non-hydrogen) atoms. The van der Waals surface area contributed by atoms with E-state index in [1.54, 1.807) is 6.08 Å². The summed E-state index contributed by atoms with van der Waals surface area (Å²) in [4.78, 5) is 0.138. The molecule has 1 aliphatic rings. The molecule has 1 aromatic carbocycles. The molecule has 5 nitrogen and oxygen atoms in total. The van der Waals surface area contributed by atoms with Crippen LogP contribution in [0.1, 0.15) is 0 Å². The second kappa shape index (κ2) is 3.56. The molecule has 2 rings (SSSR count). The Kier molecular flexibility index (Phi) is 2.37. The molecule has 0 spiro atoms. The van der Waals surface area contributed by atoms with E-state index in [1.807, 2.05) is 0 Å². The number of phenolic OH excluding ortho intramolecular Hbond substituents is 1. The molecule has 0 aliphatic carbocycles. The van der Waals surface area contributed by atoms with Crippen LogP contribution in [0.25, 0.3) is 0 Å². The minimum Gasteiger partial charge on any atom is -0.508 e. The molecule has 0 amide bonds. The summed E-state index contributed by atoms with van der Waals surface area (Å²) in [5.74, 6) is 0.0406. The zero-order chi connectivity index (χ0) is 10.9. The first-order chi connectivity index (χ1) is 7.10. The van der Waals surface area contributed by atoms with E-state index in [4.69, 9.17) is 5.11 Å². The van der Waals surface area contributed by atoms with Gasteiger partial charge in [-0.25, -0.2) is 9.84 Å². The molecule has 0 saturated heterocycles. The van der Waals surface area contributed by atoms with Gasteiger partial charge in [0.2, 0.25) is 0 Å². The van der Waals surface area contributed by atoms with Crippen molar-refractivity contribution >= 4 is 10.0 Å². The van der Waals surface area contributed by atoms with Crippen molar-refractivity contribution in [2.45, 2.75) is 4.90 Å². The Hall–Kier alpha value is -1.53. The zero-order valence-corrected chi connectivity index (χ0v) is 8.61. The van der Waals surface area contributed by atoms with Crippen molar-refractivity contribution in [2.24, 2.45) is 0 Å². The molecule has 1 heterocycles. The maximum Gasteiger partial charge on any atom is 0.277 e. The van der Waals surface area contributed by atoms with Crippen molar-refractivity contribution in [1.29, 1.82) is 0 Å². The van der Waals surface area contributed by atoms with Gasteiger partial charge in [0.15, 0.2) is 0 Å². The van der Waals surface area contributed by atoms with Gasteiger partial charge in [0.25, 0.3) is 10.0 Å². The lowest BCUT2D eigenvalue weighted by atomic mass is 10.3. The molecule has 0 unspecified atom stereocenters. The highest BCUT2D eigenvalue weighted by Gasteiger charge is 2.22. The number of aromatic hydroxyl groups is 1. The number of hydrogen-bond donors (Lipinski definition) is 2. The largest absolute Gasteiger partial charge is 0.508 e. The van der Waals surface area contributed by atoms with Crippen molar-refractivity contribution in [1.82, 2.24) is 9.84 Å². The average Bonchev–Trinajstić information content (AvgIpc) is 2.71. The van der Waals surface area contributed by atoms with Crippen molar-refractivity contribution in [3.05, 3.63) is 36.5 Å². The number of nitrogens with one attached hydrogen (secondary N) is 1. The Morgan fingerprint density at radius 3 is 2.47 bits per heavy atom. The van der Waals surface area contributed by atoms with Crippen molar-refractivity contribution < 1.29 is 13.5 Å². The Morgan fingerprint density at radius 1 is 1.27 bits per heavy atom. The fraction of sp³-hybridized carbons (Fsp3) is 0.111. The lowest BCUT2D eigenvalue weighted by molar-refractivity contribution is 0.442. The smallest absolute Gasteiger partial charge is 0.277 e. The number of rotatable bonds is 2. The molecule has 80 valence electrons. The fourth-order valence-electron chi connectivity index (χ4n) is 1.24. The number of sulfonamides is 1. The topological polar surface area (TPSA) is 69.6 Å². The number of hydrazine groups is 1. The molecule has 1 aliphatic heterocycles. The van der Waals surface area contributed by atoms with Crippen molar-refractivity contribution in [2.75, 3.05) is 6.54 Å². The van der Waals surface area contributed by atoms with E-state index in [1.165, 1.54) is 30.5 Å². The summed E-state index contributed by atoms with van der Waals surface area (Å²) in [6.07, 6.45) is 3.17. The van der Waals surface area contributed by atoms with E-state index in [2.05, 4.69) is 5.43 Å². The maximum absolute atomic E-state index is 11.9. The van der Waals surface area contributed by atoms with Gasteiger partial charge < -0.3 is 5.11 Å². The number of benzene rings is 1. The first-order valence-electron chi connectivity index (χ1n) is 4.34. The predicted molar refractivity (Wildman–Crippen MR) is 54.3 cm³/mol. The molecule has 0 atom stereocenters. The molecular formula is C9H10N2O3S. The van der Waals surface area contributed by atoms with Crippen LogP contribution in [-0.4, -0.2) is 24.5 Å². The Labute approximate surface area is 87.7 Å².